The summed E-state index contributed by atoms with van der Waals surface area (Å²) in [5.41, 5.74) is 5.40. The van der Waals surface area contributed by atoms with Crippen molar-refractivity contribution in [3.05, 3.63) is 57.3 Å². The number of amides is 1. The van der Waals surface area contributed by atoms with Gasteiger partial charge in [0.15, 0.2) is 0 Å². The molecule has 108 valence electrons. The Morgan fingerprint density at radius 3 is 2.90 bits per heavy atom. The lowest BCUT2D eigenvalue weighted by atomic mass is 10.3. The first-order chi connectivity index (χ1) is 9.95. The van der Waals surface area contributed by atoms with Crippen LogP contribution in [-0.2, 0) is 11.3 Å². The van der Waals surface area contributed by atoms with Gasteiger partial charge in [-0.3, -0.25) is 19.5 Å². The lowest BCUT2D eigenvalue weighted by Crippen LogP contribution is -2.29. The average molecular weight is 289 g/mol. The molecule has 1 aromatic heterocycles. The zero-order chi connectivity index (χ0) is 15.4. The first-order valence-corrected chi connectivity index (χ1v) is 5.82. The van der Waals surface area contributed by atoms with Gasteiger partial charge in [-0.05, 0) is 18.2 Å². The predicted octanol–water partition coefficient (Wildman–Crippen LogP) is 0.372. The van der Waals surface area contributed by atoms with Crippen LogP contribution in [0, 0.1) is 10.1 Å². The third kappa shape index (κ3) is 3.62. The second-order valence-corrected chi connectivity index (χ2v) is 4.15. The van der Waals surface area contributed by atoms with Crippen molar-refractivity contribution in [2.75, 3.05) is 11.1 Å². The Balaban J connectivity index is 2.14. The van der Waals surface area contributed by atoms with E-state index in [0.29, 0.717) is 11.4 Å². The number of hydrogen-bond donors (Lipinski definition) is 2. The molecule has 1 heterocycles. The summed E-state index contributed by atoms with van der Waals surface area (Å²) in [6, 6.07) is 6.49. The van der Waals surface area contributed by atoms with E-state index in [2.05, 4.69) is 10.3 Å². The van der Waals surface area contributed by atoms with Crippen molar-refractivity contribution < 1.29 is 9.72 Å². The van der Waals surface area contributed by atoms with Crippen LogP contribution in [0.15, 0.2) is 41.5 Å². The van der Waals surface area contributed by atoms with E-state index in [1.807, 2.05) is 0 Å². The molecule has 1 amide bonds. The number of anilines is 2. The van der Waals surface area contributed by atoms with Crippen LogP contribution in [-0.4, -0.2) is 20.4 Å². The largest absolute Gasteiger partial charge is 0.399 e. The molecular weight excluding hydrogens is 278 g/mol. The maximum Gasteiger partial charge on any atom is 0.348 e. The van der Waals surface area contributed by atoms with Gasteiger partial charge in [-0.1, -0.05) is 6.07 Å². The van der Waals surface area contributed by atoms with E-state index in [4.69, 9.17) is 5.73 Å². The van der Waals surface area contributed by atoms with E-state index >= 15 is 0 Å². The number of nitrogens with two attached hydrogens (primary N) is 1. The van der Waals surface area contributed by atoms with Crippen LogP contribution in [0.1, 0.15) is 0 Å². The number of nitrogens with zero attached hydrogens (tertiary/aromatic N) is 3. The van der Waals surface area contributed by atoms with Gasteiger partial charge in [0, 0.05) is 11.4 Å². The van der Waals surface area contributed by atoms with Crippen molar-refractivity contribution >= 4 is 23.0 Å². The minimum atomic E-state index is -0.747. The molecule has 0 bridgehead atoms. The van der Waals surface area contributed by atoms with Gasteiger partial charge in [0.25, 0.3) is 0 Å². The van der Waals surface area contributed by atoms with Gasteiger partial charge in [0.2, 0.25) is 5.91 Å². The Morgan fingerprint density at radius 1 is 1.48 bits per heavy atom. The number of aromatic nitrogens is 2. The molecule has 2 rings (SSSR count). The number of benzene rings is 1. The standard InChI is InChI=1S/C12H11N5O4/c13-8-2-1-3-9(4-8)15-11(18)7-16-6-10(17(20)21)5-14-12(16)19/h1-6H,7,13H2,(H,15,18). The first kappa shape index (κ1) is 14.2. The highest BCUT2D eigenvalue weighted by atomic mass is 16.6. The van der Waals surface area contributed by atoms with Crippen molar-refractivity contribution in [1.29, 1.82) is 0 Å². The monoisotopic (exact) mass is 289 g/mol. The summed E-state index contributed by atoms with van der Waals surface area (Å²) in [4.78, 5) is 36.5. The van der Waals surface area contributed by atoms with Crippen molar-refractivity contribution in [2.24, 2.45) is 0 Å². The number of rotatable bonds is 4. The van der Waals surface area contributed by atoms with Crippen LogP contribution >= 0.6 is 0 Å². The molecular formula is C12H11N5O4. The van der Waals surface area contributed by atoms with Crippen LogP contribution in [0.2, 0.25) is 0 Å². The molecule has 0 radical (unpaired) electrons. The molecule has 0 aliphatic carbocycles. The number of nitrogen functional groups attached to an aromatic ring is 1. The number of hydrogen-bond acceptors (Lipinski definition) is 6. The molecule has 2 aromatic rings. The second-order valence-electron chi connectivity index (χ2n) is 4.15. The predicted molar refractivity (Wildman–Crippen MR) is 74.6 cm³/mol. The molecule has 0 unspecified atom stereocenters. The molecule has 1 aromatic carbocycles. The fourth-order valence-electron chi connectivity index (χ4n) is 1.62. The van der Waals surface area contributed by atoms with E-state index in [1.165, 1.54) is 0 Å². The highest BCUT2D eigenvalue weighted by Crippen LogP contribution is 2.11. The second kappa shape index (κ2) is 5.82. The lowest BCUT2D eigenvalue weighted by molar-refractivity contribution is -0.385. The highest BCUT2D eigenvalue weighted by molar-refractivity contribution is 5.91. The topological polar surface area (TPSA) is 133 Å². The molecule has 9 heteroatoms. The van der Waals surface area contributed by atoms with Gasteiger partial charge in [0.1, 0.15) is 12.7 Å². The van der Waals surface area contributed by atoms with E-state index in [0.717, 1.165) is 17.0 Å². The molecule has 0 fully saturated rings. The quantitative estimate of drug-likeness (QED) is 0.474. The van der Waals surface area contributed by atoms with Gasteiger partial charge in [-0.15, -0.1) is 0 Å². The third-order valence-electron chi connectivity index (χ3n) is 2.54. The minimum Gasteiger partial charge on any atom is -0.399 e. The zero-order valence-corrected chi connectivity index (χ0v) is 10.7. The Morgan fingerprint density at radius 2 is 2.24 bits per heavy atom. The maximum atomic E-state index is 11.8. The maximum absolute atomic E-state index is 11.8. The fraction of sp³-hybridized carbons (Fsp3) is 0.0833. The summed E-state index contributed by atoms with van der Waals surface area (Å²) in [6.07, 6.45) is 1.81. The van der Waals surface area contributed by atoms with E-state index in [1.54, 1.807) is 24.3 Å². The van der Waals surface area contributed by atoms with Crippen LogP contribution in [0.4, 0.5) is 17.1 Å². The van der Waals surface area contributed by atoms with Gasteiger partial charge in [-0.2, -0.15) is 4.98 Å². The van der Waals surface area contributed by atoms with Crippen molar-refractivity contribution in [2.45, 2.75) is 6.54 Å². The number of nitro groups is 1. The van der Waals surface area contributed by atoms with Gasteiger partial charge < -0.3 is 11.1 Å². The smallest absolute Gasteiger partial charge is 0.348 e. The van der Waals surface area contributed by atoms with E-state index in [-0.39, 0.29) is 12.2 Å². The Kier molecular flexibility index (Phi) is 3.93. The average Bonchev–Trinajstić information content (AvgIpc) is 2.41. The number of carbonyl (C=O) groups excluding carboxylic acids is 1. The fourth-order valence-corrected chi connectivity index (χ4v) is 1.62. The lowest BCUT2D eigenvalue weighted by Gasteiger charge is -2.07. The summed E-state index contributed by atoms with van der Waals surface area (Å²) < 4.78 is 0.861. The molecule has 0 aliphatic rings. The summed E-state index contributed by atoms with van der Waals surface area (Å²) >= 11 is 0. The van der Waals surface area contributed by atoms with Crippen LogP contribution in [0.25, 0.3) is 0 Å². The number of nitrogens with one attached hydrogen (secondary N) is 1. The summed E-state index contributed by atoms with van der Waals surface area (Å²) in [6.45, 7) is -0.387. The molecule has 0 atom stereocenters. The molecule has 3 N–H and O–H groups in total. The Bertz CT molecular complexity index is 755. The molecule has 0 spiro atoms. The van der Waals surface area contributed by atoms with Crippen LogP contribution in [0.3, 0.4) is 0 Å². The van der Waals surface area contributed by atoms with Crippen LogP contribution in [0.5, 0.6) is 0 Å². The molecule has 0 saturated carbocycles. The van der Waals surface area contributed by atoms with E-state index in [9.17, 15) is 19.7 Å². The Hall–Kier alpha value is -3.23. The summed E-state index contributed by atoms with van der Waals surface area (Å²) in [7, 11) is 0. The van der Waals surface area contributed by atoms with Gasteiger partial charge >= 0.3 is 11.4 Å². The summed E-state index contributed by atoms with van der Waals surface area (Å²) in [5, 5.41) is 13.1. The first-order valence-electron chi connectivity index (χ1n) is 5.82. The zero-order valence-electron chi connectivity index (χ0n) is 10.7. The minimum absolute atomic E-state index is 0.369. The van der Waals surface area contributed by atoms with Crippen molar-refractivity contribution in [3.8, 4) is 0 Å². The van der Waals surface area contributed by atoms with Gasteiger partial charge in [-0.25, -0.2) is 4.79 Å². The summed E-state index contributed by atoms with van der Waals surface area (Å²) in [5.74, 6) is -0.523. The van der Waals surface area contributed by atoms with Gasteiger partial charge in [0.05, 0.1) is 11.1 Å². The highest BCUT2D eigenvalue weighted by Gasteiger charge is 2.11. The Labute approximate surface area is 118 Å². The normalized spacial score (nSPS) is 10.1. The molecule has 21 heavy (non-hydrogen) atoms. The van der Waals surface area contributed by atoms with Crippen LogP contribution < -0.4 is 16.7 Å². The van der Waals surface area contributed by atoms with E-state index < -0.39 is 16.5 Å². The third-order valence-corrected chi connectivity index (χ3v) is 2.54. The van der Waals surface area contributed by atoms with Crippen molar-refractivity contribution in [3.63, 3.8) is 0 Å². The molecule has 9 nitrogen and oxygen atoms in total. The molecule has 0 saturated heterocycles. The molecule has 0 aliphatic heterocycles. The number of carbonyl (C=O) groups is 1. The SMILES string of the molecule is Nc1cccc(NC(=O)Cn2cc([N+](=O)[O-])cnc2=O)c1. The van der Waals surface area contributed by atoms with Crippen molar-refractivity contribution in [1.82, 2.24) is 9.55 Å².